The number of nitrogens with zero attached hydrogens (tertiary/aromatic N) is 2. The minimum Gasteiger partial charge on any atom is -0.440 e. The van der Waals surface area contributed by atoms with Crippen molar-refractivity contribution in [2.24, 2.45) is 5.73 Å². The van der Waals surface area contributed by atoms with Gasteiger partial charge in [0.05, 0.1) is 10.6 Å². The Hall–Kier alpha value is -1.17. The molecule has 1 fully saturated rings. The van der Waals surface area contributed by atoms with Crippen LogP contribution >= 0.6 is 11.3 Å². The summed E-state index contributed by atoms with van der Waals surface area (Å²) in [5.74, 6) is 1.65. The molecular weight excluding hydrogens is 246 g/mol. The largest absolute Gasteiger partial charge is 0.440 e. The summed E-state index contributed by atoms with van der Waals surface area (Å²) in [6.07, 6.45) is 1.08. The number of oxazole rings is 1. The van der Waals surface area contributed by atoms with E-state index in [4.69, 9.17) is 10.2 Å². The number of aryl methyl sites for hydroxylation is 1. The Morgan fingerprint density at radius 1 is 1.61 bits per heavy atom. The van der Waals surface area contributed by atoms with E-state index in [1.165, 1.54) is 0 Å². The minimum atomic E-state index is 0.314. The van der Waals surface area contributed by atoms with Gasteiger partial charge >= 0.3 is 0 Å². The molecule has 2 N–H and O–H groups in total. The van der Waals surface area contributed by atoms with Gasteiger partial charge in [0, 0.05) is 25.7 Å². The molecule has 1 aliphatic rings. The fourth-order valence-corrected chi connectivity index (χ4v) is 2.95. The number of hydrogen-bond acceptors (Lipinski definition) is 5. The van der Waals surface area contributed by atoms with Crippen LogP contribution in [0.5, 0.6) is 0 Å². The van der Waals surface area contributed by atoms with E-state index in [0.717, 1.165) is 48.3 Å². The van der Waals surface area contributed by atoms with Crippen molar-refractivity contribution >= 4 is 11.3 Å². The quantitative estimate of drug-likeness (QED) is 0.922. The summed E-state index contributed by atoms with van der Waals surface area (Å²) in [6.45, 7) is 4.84. The van der Waals surface area contributed by atoms with Crippen LogP contribution < -0.4 is 5.73 Å². The number of likely N-dealkylation sites (tertiary alicyclic amines) is 1. The molecule has 0 amide bonds. The smallest absolute Gasteiger partial charge is 0.236 e. The summed E-state index contributed by atoms with van der Waals surface area (Å²) in [5, 5.41) is 2.04. The maximum atomic E-state index is 5.92. The van der Waals surface area contributed by atoms with Gasteiger partial charge in [0.2, 0.25) is 5.89 Å². The Morgan fingerprint density at radius 2 is 2.50 bits per heavy atom. The maximum Gasteiger partial charge on any atom is 0.236 e. The molecule has 0 radical (unpaired) electrons. The first-order chi connectivity index (χ1) is 8.72. The minimum absolute atomic E-state index is 0.314. The molecule has 3 heterocycles. The summed E-state index contributed by atoms with van der Waals surface area (Å²) in [7, 11) is 0. The summed E-state index contributed by atoms with van der Waals surface area (Å²) in [6, 6.07) is 4.36. The highest BCUT2D eigenvalue weighted by molar-refractivity contribution is 7.13. The Morgan fingerprint density at radius 3 is 3.17 bits per heavy atom. The molecule has 1 saturated heterocycles. The molecule has 96 valence electrons. The third kappa shape index (κ3) is 2.34. The van der Waals surface area contributed by atoms with E-state index >= 15 is 0 Å². The van der Waals surface area contributed by atoms with E-state index in [1.807, 2.05) is 24.4 Å². The molecule has 2 aromatic heterocycles. The van der Waals surface area contributed by atoms with E-state index in [-0.39, 0.29) is 0 Å². The molecule has 18 heavy (non-hydrogen) atoms. The van der Waals surface area contributed by atoms with Crippen LogP contribution in [0.25, 0.3) is 10.8 Å². The number of rotatable bonds is 3. The highest BCUT2D eigenvalue weighted by Crippen LogP contribution is 2.26. The lowest BCUT2D eigenvalue weighted by Gasteiger charge is -2.12. The molecule has 0 unspecified atom stereocenters. The zero-order chi connectivity index (χ0) is 12.5. The molecule has 0 aliphatic carbocycles. The Labute approximate surface area is 110 Å². The maximum absolute atomic E-state index is 5.92. The van der Waals surface area contributed by atoms with Gasteiger partial charge < -0.3 is 10.2 Å². The fourth-order valence-electron chi connectivity index (χ4n) is 2.30. The average Bonchev–Trinajstić information content (AvgIpc) is 3.02. The number of aromatic nitrogens is 1. The van der Waals surface area contributed by atoms with Crippen LogP contribution in [0.3, 0.4) is 0 Å². The van der Waals surface area contributed by atoms with Crippen LogP contribution in [-0.4, -0.2) is 29.0 Å². The van der Waals surface area contributed by atoms with Gasteiger partial charge in [-0.2, -0.15) is 0 Å². The van der Waals surface area contributed by atoms with Gasteiger partial charge in [0.25, 0.3) is 0 Å². The van der Waals surface area contributed by atoms with Gasteiger partial charge in [-0.3, -0.25) is 4.90 Å². The molecule has 0 saturated carbocycles. The van der Waals surface area contributed by atoms with Crippen LogP contribution in [-0.2, 0) is 6.54 Å². The van der Waals surface area contributed by atoms with E-state index in [9.17, 15) is 0 Å². The zero-order valence-corrected chi connectivity index (χ0v) is 11.2. The monoisotopic (exact) mass is 263 g/mol. The van der Waals surface area contributed by atoms with E-state index < -0.39 is 0 Å². The van der Waals surface area contributed by atoms with Crippen molar-refractivity contribution in [3.8, 4) is 10.8 Å². The van der Waals surface area contributed by atoms with Crippen molar-refractivity contribution < 1.29 is 4.42 Å². The van der Waals surface area contributed by atoms with Gasteiger partial charge in [0.15, 0.2) is 0 Å². The van der Waals surface area contributed by atoms with Gasteiger partial charge in [-0.25, -0.2) is 4.98 Å². The first-order valence-corrected chi connectivity index (χ1v) is 7.08. The third-order valence-corrected chi connectivity index (χ3v) is 4.16. The Balaban J connectivity index is 1.77. The summed E-state index contributed by atoms with van der Waals surface area (Å²) in [5.41, 5.74) is 6.95. The third-order valence-electron chi connectivity index (χ3n) is 3.31. The lowest BCUT2D eigenvalue weighted by Crippen LogP contribution is -2.26. The highest BCUT2D eigenvalue weighted by atomic mass is 32.1. The topological polar surface area (TPSA) is 55.3 Å². The highest BCUT2D eigenvalue weighted by Gasteiger charge is 2.21. The van der Waals surface area contributed by atoms with Crippen molar-refractivity contribution in [3.05, 3.63) is 29.0 Å². The molecule has 4 nitrogen and oxygen atoms in total. The summed E-state index contributed by atoms with van der Waals surface area (Å²) >= 11 is 1.65. The van der Waals surface area contributed by atoms with E-state index in [0.29, 0.717) is 6.04 Å². The van der Waals surface area contributed by atoms with Gasteiger partial charge in [-0.15, -0.1) is 11.3 Å². The van der Waals surface area contributed by atoms with Crippen LogP contribution in [0.2, 0.25) is 0 Å². The van der Waals surface area contributed by atoms with Crippen molar-refractivity contribution in [2.45, 2.75) is 25.9 Å². The molecule has 2 aromatic rings. The second kappa shape index (κ2) is 4.84. The number of thiophene rings is 1. The van der Waals surface area contributed by atoms with Crippen molar-refractivity contribution in [2.75, 3.05) is 13.1 Å². The molecule has 0 bridgehead atoms. The zero-order valence-electron chi connectivity index (χ0n) is 10.4. The second-order valence-electron chi connectivity index (χ2n) is 4.78. The van der Waals surface area contributed by atoms with Crippen molar-refractivity contribution in [3.63, 3.8) is 0 Å². The van der Waals surface area contributed by atoms with Crippen LogP contribution in [0.4, 0.5) is 0 Å². The molecule has 5 heteroatoms. The fraction of sp³-hybridized carbons (Fsp3) is 0.462. The van der Waals surface area contributed by atoms with Gasteiger partial charge in [-0.05, 0) is 24.8 Å². The molecule has 1 aliphatic heterocycles. The SMILES string of the molecule is Cc1oc(-c2cccs2)nc1CN1CC[C@H](N)C1. The van der Waals surface area contributed by atoms with E-state index in [1.54, 1.807) is 11.3 Å². The van der Waals surface area contributed by atoms with Crippen LogP contribution in [0.1, 0.15) is 17.9 Å². The van der Waals surface area contributed by atoms with Crippen LogP contribution in [0, 0.1) is 6.92 Å². The first-order valence-electron chi connectivity index (χ1n) is 6.20. The number of nitrogens with two attached hydrogens (primary N) is 1. The predicted molar refractivity (Wildman–Crippen MR) is 72.4 cm³/mol. The average molecular weight is 263 g/mol. The standard InChI is InChI=1S/C13H17N3OS/c1-9-11(8-16-5-4-10(14)7-16)15-13(17-9)12-3-2-6-18-12/h2-3,6,10H,4-5,7-8,14H2,1H3/t10-/m0/s1. The van der Waals surface area contributed by atoms with Gasteiger partial charge in [0.1, 0.15) is 5.76 Å². The summed E-state index contributed by atoms with van der Waals surface area (Å²) in [4.78, 5) is 8.03. The molecule has 0 spiro atoms. The van der Waals surface area contributed by atoms with Crippen molar-refractivity contribution in [1.82, 2.24) is 9.88 Å². The van der Waals surface area contributed by atoms with Gasteiger partial charge in [-0.1, -0.05) is 6.07 Å². The molecule has 1 atom stereocenters. The first kappa shape index (κ1) is 11.9. The molecular formula is C13H17N3OS. The normalized spacial score (nSPS) is 20.7. The molecule has 3 rings (SSSR count). The van der Waals surface area contributed by atoms with E-state index in [2.05, 4.69) is 9.88 Å². The summed E-state index contributed by atoms with van der Waals surface area (Å²) < 4.78 is 5.74. The lowest BCUT2D eigenvalue weighted by atomic mass is 10.3. The molecule has 0 aromatic carbocycles. The second-order valence-corrected chi connectivity index (χ2v) is 5.73. The number of hydrogen-bond donors (Lipinski definition) is 1. The Kier molecular flexibility index (Phi) is 3.20. The van der Waals surface area contributed by atoms with Crippen molar-refractivity contribution in [1.29, 1.82) is 0 Å². The lowest BCUT2D eigenvalue weighted by molar-refractivity contribution is 0.321. The van der Waals surface area contributed by atoms with Crippen LogP contribution in [0.15, 0.2) is 21.9 Å². The predicted octanol–water partition coefficient (Wildman–Crippen LogP) is 2.24. The Bertz CT molecular complexity index is 520.